The molecule has 8 nitrogen and oxygen atoms in total. The van der Waals surface area contributed by atoms with Crippen LogP contribution in [0.15, 0.2) is 36.7 Å². The second-order valence-electron chi connectivity index (χ2n) is 10.3. The summed E-state index contributed by atoms with van der Waals surface area (Å²) in [6.45, 7) is 9.47. The monoisotopic (exact) mass is 508 g/mol. The Bertz CT molecular complexity index is 1220. The molecule has 2 aromatic heterocycles. The van der Waals surface area contributed by atoms with Crippen molar-refractivity contribution in [1.29, 1.82) is 0 Å². The van der Waals surface area contributed by atoms with E-state index in [9.17, 15) is 4.39 Å². The molecule has 37 heavy (non-hydrogen) atoms. The van der Waals surface area contributed by atoms with Crippen LogP contribution in [-0.4, -0.2) is 73.2 Å². The Labute approximate surface area is 218 Å². The molecule has 2 aliphatic rings. The van der Waals surface area contributed by atoms with Gasteiger partial charge in [-0.1, -0.05) is 19.9 Å². The molecular formula is C28H37FN6O2. The highest BCUT2D eigenvalue weighted by Crippen LogP contribution is 2.37. The number of fused-ring (bicyclic) bond motifs is 1. The van der Waals surface area contributed by atoms with E-state index in [1.807, 2.05) is 17.2 Å². The summed E-state index contributed by atoms with van der Waals surface area (Å²) in [6.07, 6.45) is 3.93. The van der Waals surface area contributed by atoms with E-state index in [2.05, 4.69) is 59.2 Å². The number of hydrogen-bond acceptors (Lipinski definition) is 8. The predicted molar refractivity (Wildman–Crippen MR) is 146 cm³/mol. The first-order valence-electron chi connectivity index (χ1n) is 13.2. The average molecular weight is 509 g/mol. The number of aromatic nitrogens is 3. The number of rotatable bonds is 9. The summed E-state index contributed by atoms with van der Waals surface area (Å²) in [5.74, 6) is 2.24. The van der Waals surface area contributed by atoms with E-state index in [0.29, 0.717) is 49.9 Å². The fourth-order valence-electron chi connectivity index (χ4n) is 5.18. The number of anilines is 4. The number of ether oxygens (including phenoxy) is 2. The minimum absolute atomic E-state index is 0.199. The van der Waals surface area contributed by atoms with Gasteiger partial charge in [-0.3, -0.25) is 0 Å². The Hall–Kier alpha value is -3.04. The van der Waals surface area contributed by atoms with Gasteiger partial charge in [0, 0.05) is 49.7 Å². The standard InChI is InChI=1S/C28H37FN6O2/c1-18(2)20-5-6-24(35-12-8-19(35)3)22-16-31-27(15-21(20)22)32-26-7-10-30-28(33-26)34-11-9-25(23(29)17-34)37-14-13-36-4/h5-7,10,15-16,18-19,23,25H,8-9,11-14,17H2,1-4H3,(H,30,31,32,33)/t19-,23-,25+/m1/s1. The zero-order chi connectivity index (χ0) is 25.9. The first kappa shape index (κ1) is 25.6. The van der Waals surface area contributed by atoms with Gasteiger partial charge in [-0.2, -0.15) is 4.98 Å². The van der Waals surface area contributed by atoms with Gasteiger partial charge in [0.05, 0.1) is 25.9 Å². The van der Waals surface area contributed by atoms with Crippen molar-refractivity contribution in [3.63, 3.8) is 0 Å². The van der Waals surface area contributed by atoms with Crippen LogP contribution in [-0.2, 0) is 9.47 Å². The largest absolute Gasteiger partial charge is 0.382 e. The van der Waals surface area contributed by atoms with Crippen molar-refractivity contribution in [2.45, 2.75) is 57.8 Å². The Morgan fingerprint density at radius 1 is 1.08 bits per heavy atom. The lowest BCUT2D eigenvalue weighted by molar-refractivity contribution is -0.0319. The van der Waals surface area contributed by atoms with Crippen molar-refractivity contribution in [3.8, 4) is 0 Å². The van der Waals surface area contributed by atoms with Crippen LogP contribution in [0.2, 0.25) is 0 Å². The van der Waals surface area contributed by atoms with Crippen LogP contribution < -0.4 is 15.1 Å². The normalized spacial score (nSPS) is 21.9. The van der Waals surface area contributed by atoms with Crippen LogP contribution in [0.3, 0.4) is 0 Å². The summed E-state index contributed by atoms with van der Waals surface area (Å²) in [5.41, 5.74) is 2.54. The minimum Gasteiger partial charge on any atom is -0.382 e. The number of halogens is 1. The van der Waals surface area contributed by atoms with E-state index in [0.717, 1.165) is 12.4 Å². The molecule has 0 saturated carbocycles. The van der Waals surface area contributed by atoms with Crippen molar-refractivity contribution in [3.05, 3.63) is 42.2 Å². The highest BCUT2D eigenvalue weighted by molar-refractivity contribution is 5.98. The first-order valence-corrected chi connectivity index (χ1v) is 13.2. The molecule has 1 N–H and O–H groups in total. The van der Waals surface area contributed by atoms with E-state index in [4.69, 9.17) is 14.5 Å². The Morgan fingerprint density at radius 2 is 1.95 bits per heavy atom. The average Bonchev–Trinajstić information content (AvgIpc) is 2.89. The molecule has 4 heterocycles. The van der Waals surface area contributed by atoms with Gasteiger partial charge in [0.15, 0.2) is 0 Å². The topological polar surface area (TPSA) is 75.6 Å². The van der Waals surface area contributed by atoms with Gasteiger partial charge in [0.25, 0.3) is 0 Å². The van der Waals surface area contributed by atoms with Gasteiger partial charge in [-0.05, 0) is 54.8 Å². The Balaban J connectivity index is 1.34. The lowest BCUT2D eigenvalue weighted by Crippen LogP contribution is -2.46. The van der Waals surface area contributed by atoms with E-state index < -0.39 is 12.3 Å². The SMILES string of the molecule is COCCO[C@H]1CCN(c2nccc(Nc3cc4c(C(C)C)ccc(N5CC[C@H]5C)c4cn3)n2)C[C@H]1F. The third-order valence-electron chi connectivity index (χ3n) is 7.45. The van der Waals surface area contributed by atoms with Gasteiger partial charge >= 0.3 is 0 Å². The second kappa shape index (κ2) is 11.1. The van der Waals surface area contributed by atoms with Crippen molar-refractivity contribution < 1.29 is 13.9 Å². The van der Waals surface area contributed by atoms with Crippen LogP contribution >= 0.6 is 0 Å². The Morgan fingerprint density at radius 3 is 2.65 bits per heavy atom. The van der Waals surface area contributed by atoms with Gasteiger partial charge in [0.1, 0.15) is 17.8 Å². The molecule has 0 radical (unpaired) electrons. The molecule has 198 valence electrons. The fourth-order valence-corrected chi connectivity index (χ4v) is 5.18. The number of pyridine rings is 1. The Kier molecular flexibility index (Phi) is 7.71. The molecule has 3 atom stereocenters. The molecule has 1 aromatic carbocycles. The molecule has 0 unspecified atom stereocenters. The maximum atomic E-state index is 14.8. The van der Waals surface area contributed by atoms with E-state index in [1.165, 1.54) is 28.4 Å². The molecule has 0 spiro atoms. The number of nitrogens with one attached hydrogen (secondary N) is 1. The van der Waals surface area contributed by atoms with Gasteiger partial charge < -0.3 is 24.6 Å². The molecule has 0 aliphatic carbocycles. The van der Waals surface area contributed by atoms with Crippen LogP contribution in [0.1, 0.15) is 45.1 Å². The van der Waals surface area contributed by atoms with Crippen LogP contribution in [0, 0.1) is 0 Å². The number of alkyl halides is 1. The van der Waals surface area contributed by atoms with E-state index >= 15 is 0 Å². The predicted octanol–water partition coefficient (Wildman–Crippen LogP) is 5.07. The molecule has 0 bridgehead atoms. The van der Waals surface area contributed by atoms with E-state index in [-0.39, 0.29) is 6.54 Å². The summed E-state index contributed by atoms with van der Waals surface area (Å²) < 4.78 is 25.4. The molecular weight excluding hydrogens is 471 g/mol. The number of benzene rings is 1. The molecule has 5 rings (SSSR count). The summed E-state index contributed by atoms with van der Waals surface area (Å²) in [6, 6.07) is 8.96. The maximum Gasteiger partial charge on any atom is 0.227 e. The smallest absolute Gasteiger partial charge is 0.227 e. The lowest BCUT2D eigenvalue weighted by atomic mass is 9.94. The highest BCUT2D eigenvalue weighted by Gasteiger charge is 2.31. The molecule has 0 amide bonds. The molecule has 2 aliphatic heterocycles. The zero-order valence-corrected chi connectivity index (χ0v) is 22.2. The third-order valence-corrected chi connectivity index (χ3v) is 7.45. The van der Waals surface area contributed by atoms with Gasteiger partial charge in [-0.25, -0.2) is 14.4 Å². The number of nitrogens with zero attached hydrogens (tertiary/aromatic N) is 5. The summed E-state index contributed by atoms with van der Waals surface area (Å²) in [7, 11) is 1.61. The minimum atomic E-state index is -1.11. The number of hydrogen-bond donors (Lipinski definition) is 1. The van der Waals surface area contributed by atoms with Crippen LogP contribution in [0.25, 0.3) is 10.8 Å². The molecule has 9 heteroatoms. The van der Waals surface area contributed by atoms with Crippen molar-refractivity contribution in [1.82, 2.24) is 15.0 Å². The number of methoxy groups -OCH3 is 1. The van der Waals surface area contributed by atoms with Crippen molar-refractivity contribution >= 4 is 34.0 Å². The van der Waals surface area contributed by atoms with Crippen LogP contribution in [0.5, 0.6) is 0 Å². The van der Waals surface area contributed by atoms with Gasteiger partial charge in [0.2, 0.25) is 5.95 Å². The molecule has 2 fully saturated rings. The van der Waals surface area contributed by atoms with Crippen molar-refractivity contribution in [2.75, 3.05) is 55.1 Å². The second-order valence-corrected chi connectivity index (χ2v) is 10.3. The van der Waals surface area contributed by atoms with Crippen molar-refractivity contribution in [2.24, 2.45) is 0 Å². The lowest BCUT2D eigenvalue weighted by Gasteiger charge is -2.41. The number of piperidine rings is 1. The summed E-state index contributed by atoms with van der Waals surface area (Å²) in [5, 5.41) is 5.73. The summed E-state index contributed by atoms with van der Waals surface area (Å²) >= 11 is 0. The fraction of sp³-hybridized carbons (Fsp3) is 0.536. The van der Waals surface area contributed by atoms with E-state index in [1.54, 1.807) is 13.3 Å². The molecule has 2 saturated heterocycles. The first-order chi connectivity index (χ1) is 17.9. The third kappa shape index (κ3) is 5.48. The quantitative estimate of drug-likeness (QED) is 0.402. The zero-order valence-electron chi connectivity index (χ0n) is 22.2. The maximum absolute atomic E-state index is 14.8. The highest BCUT2D eigenvalue weighted by atomic mass is 19.1. The molecule has 3 aromatic rings. The summed E-state index contributed by atoms with van der Waals surface area (Å²) in [4.78, 5) is 18.1. The van der Waals surface area contributed by atoms with Crippen LogP contribution in [0.4, 0.5) is 27.7 Å². The van der Waals surface area contributed by atoms with Gasteiger partial charge in [-0.15, -0.1) is 0 Å².